The van der Waals surface area contributed by atoms with Crippen molar-refractivity contribution in [3.63, 3.8) is 0 Å². The molecule has 2 heterocycles. The van der Waals surface area contributed by atoms with Crippen molar-refractivity contribution in [2.24, 2.45) is 11.3 Å². The molecule has 2 aliphatic heterocycles. The van der Waals surface area contributed by atoms with Gasteiger partial charge in [0.25, 0.3) is 0 Å². The molecule has 1 aliphatic carbocycles. The van der Waals surface area contributed by atoms with Crippen LogP contribution in [0.5, 0.6) is 0 Å². The summed E-state index contributed by atoms with van der Waals surface area (Å²) in [7, 11) is 1.96. The summed E-state index contributed by atoms with van der Waals surface area (Å²) >= 11 is 0. The molecule has 1 amide bonds. The van der Waals surface area contributed by atoms with Crippen LogP contribution in [0.25, 0.3) is 0 Å². The zero-order chi connectivity index (χ0) is 12.8. The molecule has 0 bridgehead atoms. The van der Waals surface area contributed by atoms with Crippen molar-refractivity contribution in [2.45, 2.75) is 44.8 Å². The van der Waals surface area contributed by atoms with Gasteiger partial charge in [-0.05, 0) is 51.1 Å². The van der Waals surface area contributed by atoms with Gasteiger partial charge in [0.1, 0.15) is 0 Å². The summed E-state index contributed by atoms with van der Waals surface area (Å²) in [5.74, 6) is 0.650. The van der Waals surface area contributed by atoms with E-state index in [1.54, 1.807) is 0 Å². The summed E-state index contributed by atoms with van der Waals surface area (Å²) in [5.41, 5.74) is 0.347. The molecule has 3 rings (SSSR count). The number of amides is 1. The fraction of sp³-hybridized carbons (Fsp3) is 0.929. The van der Waals surface area contributed by atoms with Crippen molar-refractivity contribution in [2.75, 3.05) is 26.7 Å². The molecule has 0 aromatic rings. The minimum absolute atomic E-state index is 0.196. The first kappa shape index (κ1) is 12.4. The van der Waals surface area contributed by atoms with E-state index in [-0.39, 0.29) is 18.1 Å². The van der Waals surface area contributed by atoms with Gasteiger partial charge in [-0.25, -0.2) is 0 Å². The Kier molecular flexibility index (Phi) is 3.10. The Morgan fingerprint density at radius 1 is 1.39 bits per heavy atom. The monoisotopic (exact) mass is 252 g/mol. The number of hydrogen-bond donors (Lipinski definition) is 1. The molecule has 2 saturated heterocycles. The summed E-state index contributed by atoms with van der Waals surface area (Å²) in [6.45, 7) is 5.03. The Morgan fingerprint density at radius 3 is 2.72 bits per heavy atom. The minimum atomic E-state index is 0.196. The molecule has 3 fully saturated rings. The van der Waals surface area contributed by atoms with Crippen LogP contribution in [0.2, 0.25) is 0 Å². The number of ether oxygens (including phenoxy) is 1. The van der Waals surface area contributed by atoms with Crippen LogP contribution in [-0.2, 0) is 9.53 Å². The second-order valence-electron chi connectivity index (χ2n) is 6.25. The highest BCUT2D eigenvalue weighted by Crippen LogP contribution is 2.59. The molecule has 102 valence electrons. The van der Waals surface area contributed by atoms with E-state index in [4.69, 9.17) is 4.74 Å². The lowest BCUT2D eigenvalue weighted by Crippen LogP contribution is -2.43. The molecule has 0 aromatic heterocycles. The summed E-state index contributed by atoms with van der Waals surface area (Å²) in [6.07, 6.45) is 4.65. The standard InChI is InChI=1S/C14H24N2O2/c1-10-12(3-8-18-10)16(2)13(17)11-9-14(11)4-6-15-7-5-14/h10-12,15H,3-9H2,1-2H3. The number of nitrogens with zero attached hydrogens (tertiary/aromatic N) is 1. The van der Waals surface area contributed by atoms with Crippen LogP contribution in [0.3, 0.4) is 0 Å². The fourth-order valence-corrected chi connectivity index (χ4v) is 3.81. The van der Waals surface area contributed by atoms with E-state index in [2.05, 4.69) is 12.2 Å². The Bertz CT molecular complexity index is 339. The van der Waals surface area contributed by atoms with Gasteiger partial charge in [0.05, 0.1) is 12.1 Å². The van der Waals surface area contributed by atoms with E-state index >= 15 is 0 Å². The van der Waals surface area contributed by atoms with Crippen LogP contribution in [0.15, 0.2) is 0 Å². The maximum Gasteiger partial charge on any atom is 0.226 e. The van der Waals surface area contributed by atoms with Gasteiger partial charge in [0.2, 0.25) is 5.91 Å². The van der Waals surface area contributed by atoms with Gasteiger partial charge in [0, 0.05) is 19.6 Å². The van der Waals surface area contributed by atoms with Gasteiger partial charge in [-0.2, -0.15) is 0 Å². The summed E-state index contributed by atoms with van der Waals surface area (Å²) in [5, 5.41) is 3.39. The van der Waals surface area contributed by atoms with E-state index < -0.39 is 0 Å². The molecule has 1 saturated carbocycles. The molecular weight excluding hydrogens is 228 g/mol. The van der Waals surface area contributed by atoms with Gasteiger partial charge >= 0.3 is 0 Å². The molecule has 0 radical (unpaired) electrons. The van der Waals surface area contributed by atoms with Crippen molar-refractivity contribution >= 4 is 5.91 Å². The van der Waals surface area contributed by atoms with Crippen molar-refractivity contribution in [3.05, 3.63) is 0 Å². The van der Waals surface area contributed by atoms with Gasteiger partial charge in [-0.3, -0.25) is 4.79 Å². The van der Waals surface area contributed by atoms with Crippen molar-refractivity contribution < 1.29 is 9.53 Å². The first-order valence-electron chi connectivity index (χ1n) is 7.23. The SMILES string of the molecule is CC1OCCC1N(C)C(=O)C1CC12CCNCC2. The van der Waals surface area contributed by atoms with Crippen molar-refractivity contribution in [1.82, 2.24) is 10.2 Å². The second-order valence-corrected chi connectivity index (χ2v) is 6.25. The van der Waals surface area contributed by atoms with Crippen LogP contribution in [0, 0.1) is 11.3 Å². The topological polar surface area (TPSA) is 41.6 Å². The van der Waals surface area contributed by atoms with E-state index in [0.717, 1.165) is 32.5 Å². The Hall–Kier alpha value is -0.610. The summed E-state index contributed by atoms with van der Waals surface area (Å²) in [6, 6.07) is 0.289. The smallest absolute Gasteiger partial charge is 0.226 e. The minimum Gasteiger partial charge on any atom is -0.376 e. The lowest BCUT2D eigenvalue weighted by atomic mass is 9.91. The number of carbonyl (C=O) groups excluding carboxylic acids is 1. The lowest BCUT2D eigenvalue weighted by Gasteiger charge is -2.29. The number of piperidine rings is 1. The number of hydrogen-bond acceptors (Lipinski definition) is 3. The van der Waals surface area contributed by atoms with Crippen molar-refractivity contribution in [1.29, 1.82) is 0 Å². The van der Waals surface area contributed by atoms with E-state index in [9.17, 15) is 4.79 Å². The maximum absolute atomic E-state index is 12.6. The predicted molar refractivity (Wildman–Crippen MR) is 69.2 cm³/mol. The molecule has 1 N–H and O–H groups in total. The molecule has 4 heteroatoms. The first-order chi connectivity index (χ1) is 8.64. The average Bonchev–Trinajstić information content (AvgIpc) is 2.88. The molecule has 3 atom stereocenters. The third-order valence-electron chi connectivity index (χ3n) is 5.27. The van der Waals surface area contributed by atoms with Crippen LogP contribution in [0.4, 0.5) is 0 Å². The van der Waals surface area contributed by atoms with E-state index in [1.807, 2.05) is 11.9 Å². The van der Waals surface area contributed by atoms with Crippen LogP contribution >= 0.6 is 0 Å². The third kappa shape index (κ3) is 1.95. The number of rotatable bonds is 2. The second kappa shape index (κ2) is 4.49. The quantitative estimate of drug-likeness (QED) is 0.797. The predicted octanol–water partition coefficient (Wildman–Crippen LogP) is 1.01. The lowest BCUT2D eigenvalue weighted by molar-refractivity contribution is -0.135. The Morgan fingerprint density at radius 2 is 2.11 bits per heavy atom. The Balaban J connectivity index is 1.62. The Labute approximate surface area is 109 Å². The first-order valence-corrected chi connectivity index (χ1v) is 7.23. The zero-order valence-electron chi connectivity index (χ0n) is 11.4. The largest absolute Gasteiger partial charge is 0.376 e. The zero-order valence-corrected chi connectivity index (χ0v) is 11.4. The third-order valence-corrected chi connectivity index (χ3v) is 5.27. The highest BCUT2D eigenvalue weighted by Gasteiger charge is 2.58. The maximum atomic E-state index is 12.6. The molecule has 18 heavy (non-hydrogen) atoms. The normalized spacial score (nSPS) is 37.8. The van der Waals surface area contributed by atoms with Crippen LogP contribution in [-0.4, -0.2) is 49.7 Å². The number of carbonyl (C=O) groups is 1. The number of likely N-dealkylation sites (N-methyl/N-ethyl adjacent to an activating group) is 1. The summed E-state index contributed by atoms with van der Waals surface area (Å²) in [4.78, 5) is 14.5. The van der Waals surface area contributed by atoms with Gasteiger partial charge in [-0.1, -0.05) is 0 Å². The van der Waals surface area contributed by atoms with Gasteiger partial charge in [0.15, 0.2) is 0 Å². The molecule has 0 aromatic carbocycles. The molecule has 3 unspecified atom stereocenters. The highest BCUT2D eigenvalue weighted by molar-refractivity contribution is 5.83. The molecule has 3 aliphatic rings. The molecular formula is C14H24N2O2. The fourth-order valence-electron chi connectivity index (χ4n) is 3.81. The van der Waals surface area contributed by atoms with Crippen LogP contribution in [0.1, 0.15) is 32.6 Å². The van der Waals surface area contributed by atoms with Gasteiger partial charge in [-0.15, -0.1) is 0 Å². The average molecular weight is 252 g/mol. The summed E-state index contributed by atoms with van der Waals surface area (Å²) < 4.78 is 5.57. The number of nitrogens with one attached hydrogen (secondary N) is 1. The van der Waals surface area contributed by atoms with Crippen LogP contribution < -0.4 is 5.32 Å². The molecule has 4 nitrogen and oxygen atoms in total. The highest BCUT2D eigenvalue weighted by atomic mass is 16.5. The van der Waals surface area contributed by atoms with E-state index in [0.29, 0.717) is 11.3 Å². The molecule has 1 spiro atoms. The van der Waals surface area contributed by atoms with Crippen molar-refractivity contribution in [3.8, 4) is 0 Å². The van der Waals surface area contributed by atoms with E-state index in [1.165, 1.54) is 12.8 Å². The van der Waals surface area contributed by atoms with Gasteiger partial charge < -0.3 is 15.0 Å².